The highest BCUT2D eigenvalue weighted by Gasteiger charge is 2.02. The van der Waals surface area contributed by atoms with Crippen LogP contribution in [0.3, 0.4) is 0 Å². The maximum absolute atomic E-state index is 9.46. The molecule has 0 bridgehead atoms. The molecule has 102 valence electrons. The fourth-order valence-corrected chi connectivity index (χ4v) is 1.56. The van der Waals surface area contributed by atoms with Crippen molar-refractivity contribution in [1.29, 1.82) is 0 Å². The molecule has 18 heavy (non-hydrogen) atoms. The van der Waals surface area contributed by atoms with E-state index in [-0.39, 0.29) is 0 Å². The minimum Gasteiger partial charge on any atom is -0.494 e. The van der Waals surface area contributed by atoms with E-state index in [9.17, 15) is 5.11 Å². The van der Waals surface area contributed by atoms with Crippen molar-refractivity contribution in [2.45, 2.75) is 26.0 Å². The van der Waals surface area contributed by atoms with Crippen molar-refractivity contribution < 1.29 is 14.6 Å². The molecule has 1 aromatic carbocycles. The first-order chi connectivity index (χ1) is 8.76. The summed E-state index contributed by atoms with van der Waals surface area (Å²) in [6.07, 6.45) is 0.558. The van der Waals surface area contributed by atoms with Gasteiger partial charge in [-0.1, -0.05) is 19.1 Å². The molecule has 0 fully saturated rings. The number of rotatable bonds is 9. The normalized spacial score (nSPS) is 12.4. The SMILES string of the molecule is CCCOc1ccc(CNCC(O)COC)cc1. The Bertz CT molecular complexity index is 313. The molecular formula is C14H23NO3. The lowest BCUT2D eigenvalue weighted by Crippen LogP contribution is -2.29. The summed E-state index contributed by atoms with van der Waals surface area (Å²) in [7, 11) is 1.58. The number of aliphatic hydroxyl groups is 1. The summed E-state index contributed by atoms with van der Waals surface area (Å²) >= 11 is 0. The van der Waals surface area contributed by atoms with Crippen LogP contribution in [0.25, 0.3) is 0 Å². The smallest absolute Gasteiger partial charge is 0.119 e. The minimum absolute atomic E-state index is 0.358. The van der Waals surface area contributed by atoms with Gasteiger partial charge < -0.3 is 19.9 Å². The zero-order chi connectivity index (χ0) is 13.2. The molecule has 0 radical (unpaired) electrons. The summed E-state index contributed by atoms with van der Waals surface area (Å²) in [6, 6.07) is 8.00. The Morgan fingerprint density at radius 3 is 2.61 bits per heavy atom. The van der Waals surface area contributed by atoms with Crippen molar-refractivity contribution in [1.82, 2.24) is 5.32 Å². The van der Waals surface area contributed by atoms with Gasteiger partial charge in [-0.15, -0.1) is 0 Å². The van der Waals surface area contributed by atoms with Crippen molar-refractivity contribution in [3.05, 3.63) is 29.8 Å². The van der Waals surface area contributed by atoms with Gasteiger partial charge in [-0.05, 0) is 24.1 Å². The molecule has 4 nitrogen and oxygen atoms in total. The lowest BCUT2D eigenvalue weighted by atomic mass is 10.2. The third-order valence-electron chi connectivity index (χ3n) is 2.46. The number of methoxy groups -OCH3 is 1. The standard InChI is InChI=1S/C14H23NO3/c1-3-8-18-14-6-4-12(5-7-14)9-15-10-13(16)11-17-2/h4-7,13,15-16H,3,8-11H2,1-2H3. The molecule has 0 aromatic heterocycles. The van der Waals surface area contributed by atoms with Gasteiger partial charge in [0.15, 0.2) is 0 Å². The van der Waals surface area contributed by atoms with E-state index < -0.39 is 6.10 Å². The number of nitrogens with one attached hydrogen (secondary N) is 1. The number of benzene rings is 1. The second-order valence-electron chi connectivity index (χ2n) is 4.23. The maximum Gasteiger partial charge on any atom is 0.119 e. The predicted octanol–water partition coefficient (Wildman–Crippen LogP) is 1.57. The zero-order valence-electron chi connectivity index (χ0n) is 11.2. The molecule has 2 N–H and O–H groups in total. The maximum atomic E-state index is 9.46. The van der Waals surface area contributed by atoms with Gasteiger partial charge in [-0.25, -0.2) is 0 Å². The van der Waals surface area contributed by atoms with Gasteiger partial charge >= 0.3 is 0 Å². The van der Waals surface area contributed by atoms with Crippen molar-refractivity contribution in [2.24, 2.45) is 0 Å². The summed E-state index contributed by atoms with van der Waals surface area (Å²) in [5.74, 6) is 0.903. The Hall–Kier alpha value is -1.10. The van der Waals surface area contributed by atoms with Crippen LogP contribution in [0.1, 0.15) is 18.9 Å². The van der Waals surface area contributed by atoms with Crippen LogP contribution in [0.2, 0.25) is 0 Å². The molecule has 1 atom stereocenters. The van der Waals surface area contributed by atoms with Crippen LogP contribution in [0.5, 0.6) is 5.75 Å². The minimum atomic E-state index is -0.456. The number of aliphatic hydroxyl groups excluding tert-OH is 1. The second-order valence-corrected chi connectivity index (χ2v) is 4.23. The van der Waals surface area contributed by atoms with E-state index in [0.29, 0.717) is 13.2 Å². The van der Waals surface area contributed by atoms with E-state index in [4.69, 9.17) is 9.47 Å². The van der Waals surface area contributed by atoms with E-state index in [0.717, 1.165) is 25.3 Å². The van der Waals surface area contributed by atoms with Gasteiger partial charge in [-0.3, -0.25) is 0 Å². The lowest BCUT2D eigenvalue weighted by Gasteiger charge is -2.11. The van der Waals surface area contributed by atoms with Crippen molar-refractivity contribution >= 4 is 0 Å². The molecule has 0 aliphatic carbocycles. The van der Waals surface area contributed by atoms with E-state index in [2.05, 4.69) is 12.2 Å². The van der Waals surface area contributed by atoms with Gasteiger partial charge in [0.25, 0.3) is 0 Å². The van der Waals surface area contributed by atoms with Crippen molar-refractivity contribution in [3.63, 3.8) is 0 Å². The van der Waals surface area contributed by atoms with Crippen molar-refractivity contribution in [3.8, 4) is 5.75 Å². The predicted molar refractivity (Wildman–Crippen MR) is 71.8 cm³/mol. The molecule has 0 amide bonds. The van der Waals surface area contributed by atoms with Gasteiger partial charge in [0, 0.05) is 20.2 Å². The molecule has 0 saturated carbocycles. The van der Waals surface area contributed by atoms with Gasteiger partial charge in [0.2, 0.25) is 0 Å². The van der Waals surface area contributed by atoms with Gasteiger partial charge in [0.1, 0.15) is 5.75 Å². The Kier molecular flexibility index (Phi) is 7.41. The van der Waals surface area contributed by atoms with Gasteiger partial charge in [-0.2, -0.15) is 0 Å². The molecule has 0 saturated heterocycles. The lowest BCUT2D eigenvalue weighted by molar-refractivity contribution is 0.0644. The van der Waals surface area contributed by atoms with Crippen LogP contribution >= 0.6 is 0 Å². The van der Waals surface area contributed by atoms with Gasteiger partial charge in [0.05, 0.1) is 19.3 Å². The van der Waals surface area contributed by atoms with Crippen LogP contribution in [0.15, 0.2) is 24.3 Å². The first-order valence-electron chi connectivity index (χ1n) is 6.35. The fourth-order valence-electron chi connectivity index (χ4n) is 1.56. The highest BCUT2D eigenvalue weighted by Crippen LogP contribution is 2.12. The van der Waals surface area contributed by atoms with Crippen LogP contribution < -0.4 is 10.1 Å². The zero-order valence-corrected chi connectivity index (χ0v) is 11.2. The molecule has 0 aliphatic heterocycles. The topological polar surface area (TPSA) is 50.7 Å². The Morgan fingerprint density at radius 2 is 2.00 bits per heavy atom. The van der Waals surface area contributed by atoms with Crippen LogP contribution in [-0.4, -0.2) is 38.1 Å². The van der Waals surface area contributed by atoms with Crippen LogP contribution in [0, 0.1) is 0 Å². The third-order valence-corrected chi connectivity index (χ3v) is 2.46. The average molecular weight is 253 g/mol. The molecule has 0 heterocycles. The molecule has 0 aliphatic rings. The highest BCUT2D eigenvalue weighted by molar-refractivity contribution is 5.27. The summed E-state index contributed by atoms with van der Waals surface area (Å²) in [6.45, 7) is 4.46. The fraction of sp³-hybridized carbons (Fsp3) is 0.571. The Morgan fingerprint density at radius 1 is 1.28 bits per heavy atom. The molecule has 1 aromatic rings. The monoisotopic (exact) mass is 253 g/mol. The van der Waals surface area contributed by atoms with Crippen LogP contribution in [-0.2, 0) is 11.3 Å². The van der Waals surface area contributed by atoms with E-state index >= 15 is 0 Å². The molecule has 1 rings (SSSR count). The molecule has 4 heteroatoms. The number of hydrogen-bond acceptors (Lipinski definition) is 4. The first-order valence-corrected chi connectivity index (χ1v) is 6.35. The summed E-state index contributed by atoms with van der Waals surface area (Å²) in [4.78, 5) is 0. The van der Waals surface area contributed by atoms with Crippen molar-refractivity contribution in [2.75, 3.05) is 26.9 Å². The quantitative estimate of drug-likeness (QED) is 0.701. The summed E-state index contributed by atoms with van der Waals surface area (Å²) < 4.78 is 10.4. The largest absolute Gasteiger partial charge is 0.494 e. The number of ether oxygens (including phenoxy) is 2. The average Bonchev–Trinajstić information content (AvgIpc) is 2.38. The van der Waals surface area contributed by atoms with E-state index in [1.54, 1.807) is 7.11 Å². The third kappa shape index (κ3) is 6.00. The summed E-state index contributed by atoms with van der Waals surface area (Å²) in [5.41, 5.74) is 1.17. The van der Waals surface area contributed by atoms with E-state index in [1.807, 2.05) is 24.3 Å². The Labute approximate surface area is 109 Å². The number of hydrogen-bond donors (Lipinski definition) is 2. The molecular weight excluding hydrogens is 230 g/mol. The Balaban J connectivity index is 2.26. The molecule has 1 unspecified atom stereocenters. The second kappa shape index (κ2) is 8.91. The van der Waals surface area contributed by atoms with E-state index in [1.165, 1.54) is 5.56 Å². The first kappa shape index (κ1) is 15.0. The molecule has 0 spiro atoms. The van der Waals surface area contributed by atoms with Crippen LogP contribution in [0.4, 0.5) is 0 Å². The highest BCUT2D eigenvalue weighted by atomic mass is 16.5. The summed E-state index contributed by atoms with van der Waals surface area (Å²) in [5, 5.41) is 12.6.